The Kier molecular flexibility index (Phi) is 5.00. The van der Waals surface area contributed by atoms with Crippen molar-refractivity contribution in [2.45, 2.75) is 49.6 Å². The van der Waals surface area contributed by atoms with Gasteiger partial charge in [-0.3, -0.25) is 14.6 Å². The molecule has 0 heterocycles. The zero-order valence-electron chi connectivity index (χ0n) is 13.1. The van der Waals surface area contributed by atoms with Crippen LogP contribution in [0.5, 0.6) is 0 Å². The third-order valence-electron chi connectivity index (χ3n) is 5.41. The second kappa shape index (κ2) is 6.57. The minimum absolute atomic E-state index is 0.00540. The summed E-state index contributed by atoms with van der Waals surface area (Å²) in [5.41, 5.74) is -1.80. The lowest BCUT2D eigenvalue weighted by Crippen LogP contribution is -2.59. The van der Waals surface area contributed by atoms with Crippen molar-refractivity contribution in [3.05, 3.63) is 0 Å². The van der Waals surface area contributed by atoms with Crippen LogP contribution in [0.25, 0.3) is 0 Å². The van der Waals surface area contributed by atoms with E-state index in [2.05, 4.69) is 14.1 Å². The average molecular weight is 405 g/mol. The minimum atomic E-state index is -5.65. The summed E-state index contributed by atoms with van der Waals surface area (Å²) >= 11 is -1.22. The standard InChI is InChI=1S/C14H15F5O6S/c15-13(16,17)10(14(18,19)26-25-24-22)23-11(21)12-4-6-1-7(5-12)3-8(2-6)9(12)20/h6-8,10,22H,1-5H2/p-1. The zero-order valence-corrected chi connectivity index (χ0v) is 13.9. The largest absolute Gasteiger partial charge is 0.691 e. The van der Waals surface area contributed by atoms with E-state index in [-0.39, 0.29) is 24.7 Å². The minimum Gasteiger partial charge on any atom is -0.691 e. The number of ether oxygens (including phenoxy) is 1. The van der Waals surface area contributed by atoms with Crippen molar-refractivity contribution < 1.29 is 50.9 Å². The third kappa shape index (κ3) is 3.32. The maximum atomic E-state index is 13.7. The molecule has 3 unspecified atom stereocenters. The van der Waals surface area contributed by atoms with Gasteiger partial charge in [0.1, 0.15) is 17.5 Å². The van der Waals surface area contributed by atoms with Crippen molar-refractivity contribution >= 4 is 23.8 Å². The molecule has 6 nitrogen and oxygen atoms in total. The maximum absolute atomic E-state index is 13.7. The number of ketones is 1. The Morgan fingerprint density at radius 3 is 2.23 bits per heavy atom. The summed E-state index contributed by atoms with van der Waals surface area (Å²) in [6, 6.07) is 0. The lowest BCUT2D eigenvalue weighted by Gasteiger charge is -2.53. The van der Waals surface area contributed by atoms with Crippen LogP contribution in [0.15, 0.2) is 0 Å². The predicted octanol–water partition coefficient (Wildman–Crippen LogP) is 2.32. The van der Waals surface area contributed by atoms with Crippen LogP contribution < -0.4 is 5.26 Å². The predicted molar refractivity (Wildman–Crippen MR) is 71.6 cm³/mol. The lowest BCUT2D eigenvalue weighted by molar-refractivity contribution is -0.777. The van der Waals surface area contributed by atoms with Gasteiger partial charge in [0.15, 0.2) is 5.78 Å². The number of Topliss-reactive ketones (excluding diaryl/α,β-unsaturated/α-hetero) is 1. The topological polar surface area (TPSA) is 84.9 Å². The first-order valence-corrected chi connectivity index (χ1v) is 8.58. The van der Waals surface area contributed by atoms with Gasteiger partial charge in [-0.25, -0.2) is 0 Å². The number of halogens is 5. The van der Waals surface area contributed by atoms with Gasteiger partial charge in [-0.1, -0.05) is 0 Å². The van der Waals surface area contributed by atoms with E-state index >= 15 is 0 Å². The van der Waals surface area contributed by atoms with Gasteiger partial charge in [-0.15, -0.1) is 0 Å². The van der Waals surface area contributed by atoms with Gasteiger partial charge in [-0.2, -0.15) is 26.3 Å². The number of esters is 1. The number of hydrogen-bond donors (Lipinski definition) is 0. The Balaban J connectivity index is 1.83. The van der Waals surface area contributed by atoms with E-state index in [1.807, 2.05) is 0 Å². The molecule has 0 aromatic carbocycles. The molecule has 148 valence electrons. The van der Waals surface area contributed by atoms with Gasteiger partial charge in [0.05, 0.1) is 0 Å². The Morgan fingerprint density at radius 2 is 1.73 bits per heavy atom. The Bertz CT molecular complexity index is 583. The Morgan fingerprint density at radius 1 is 1.15 bits per heavy atom. The molecule has 0 N–H and O–H groups in total. The molecule has 4 fully saturated rings. The molecule has 0 spiro atoms. The van der Waals surface area contributed by atoms with Crippen LogP contribution in [-0.4, -0.2) is 29.3 Å². The van der Waals surface area contributed by atoms with Crippen LogP contribution in [0.2, 0.25) is 0 Å². The molecule has 4 rings (SSSR count). The first kappa shape index (κ1) is 19.8. The van der Waals surface area contributed by atoms with Crippen molar-refractivity contribution in [2.75, 3.05) is 0 Å². The molecule has 4 saturated carbocycles. The summed E-state index contributed by atoms with van der Waals surface area (Å²) < 4.78 is 74.0. The number of carbonyl (C=O) groups excluding carboxylic acids is 2. The SMILES string of the molecule is O=C(OC(C(F)(F)F)C(F)(F)SOO[O-])C12CC3CC(CC(C3)C1=O)C2. The molecule has 3 atom stereocenters. The summed E-state index contributed by atoms with van der Waals surface area (Å²) in [5, 5.41) is 7.42. The normalized spacial score (nSPS) is 34.8. The first-order valence-electron chi connectivity index (χ1n) is 7.84. The van der Waals surface area contributed by atoms with Gasteiger partial charge >= 0.3 is 17.4 Å². The second-order valence-electron chi connectivity index (χ2n) is 7.10. The Hall–Kier alpha value is -0.980. The van der Waals surface area contributed by atoms with Crippen molar-refractivity contribution in [2.24, 2.45) is 23.2 Å². The fourth-order valence-corrected chi connectivity index (χ4v) is 5.08. The zero-order chi connectivity index (χ0) is 19.3. The van der Waals surface area contributed by atoms with Gasteiger partial charge in [0.25, 0.3) is 6.10 Å². The van der Waals surface area contributed by atoms with Gasteiger partial charge in [0.2, 0.25) is 0 Å². The summed E-state index contributed by atoms with van der Waals surface area (Å²) in [6.45, 7) is 0. The van der Waals surface area contributed by atoms with Gasteiger partial charge < -0.3 is 9.99 Å². The molecular formula is C14H14F5O6S-. The summed E-state index contributed by atoms with van der Waals surface area (Å²) in [5.74, 6) is -2.56. The maximum Gasteiger partial charge on any atom is 0.432 e. The van der Waals surface area contributed by atoms with E-state index in [4.69, 9.17) is 0 Å². The van der Waals surface area contributed by atoms with E-state index in [0.717, 1.165) is 6.42 Å². The fourth-order valence-electron chi connectivity index (χ4n) is 4.69. The molecular weight excluding hydrogens is 391 g/mol. The number of rotatable bonds is 6. The van der Waals surface area contributed by atoms with Crippen LogP contribution in [0.4, 0.5) is 22.0 Å². The monoisotopic (exact) mass is 405 g/mol. The van der Waals surface area contributed by atoms with E-state index in [9.17, 15) is 36.8 Å². The van der Waals surface area contributed by atoms with Crippen LogP contribution in [0, 0.1) is 23.2 Å². The highest BCUT2D eigenvalue weighted by molar-refractivity contribution is 7.95. The first-order chi connectivity index (χ1) is 12.0. The van der Waals surface area contributed by atoms with Crippen LogP contribution >= 0.6 is 12.0 Å². The van der Waals surface area contributed by atoms with Crippen molar-refractivity contribution in [3.63, 3.8) is 0 Å². The molecule has 0 aromatic rings. The smallest absolute Gasteiger partial charge is 0.432 e. The molecule has 0 aromatic heterocycles. The summed E-state index contributed by atoms with van der Waals surface area (Å²) in [6.07, 6.45) is -7.61. The van der Waals surface area contributed by atoms with Crippen LogP contribution in [0.1, 0.15) is 32.1 Å². The van der Waals surface area contributed by atoms with Crippen LogP contribution in [0.3, 0.4) is 0 Å². The number of hydrogen-bond acceptors (Lipinski definition) is 7. The highest BCUT2D eigenvalue weighted by Crippen LogP contribution is 2.59. The fraction of sp³-hybridized carbons (Fsp3) is 0.857. The highest BCUT2D eigenvalue weighted by Gasteiger charge is 2.65. The molecule has 4 aliphatic carbocycles. The molecule has 0 saturated heterocycles. The molecule has 0 aliphatic heterocycles. The van der Waals surface area contributed by atoms with Gasteiger partial charge in [-0.05, 0) is 43.9 Å². The molecule has 4 aliphatic rings. The molecule has 0 amide bonds. The molecule has 0 radical (unpaired) electrons. The van der Waals surface area contributed by atoms with Crippen molar-refractivity contribution in [1.29, 1.82) is 0 Å². The number of alkyl halides is 5. The van der Waals surface area contributed by atoms with Crippen molar-refractivity contribution in [3.8, 4) is 0 Å². The van der Waals surface area contributed by atoms with Crippen molar-refractivity contribution in [1.82, 2.24) is 0 Å². The van der Waals surface area contributed by atoms with Crippen LogP contribution in [-0.2, 0) is 23.7 Å². The number of carbonyl (C=O) groups is 2. The van der Waals surface area contributed by atoms with E-state index < -0.39 is 52.7 Å². The molecule has 26 heavy (non-hydrogen) atoms. The summed E-state index contributed by atoms with van der Waals surface area (Å²) in [4.78, 5) is 25.0. The summed E-state index contributed by atoms with van der Waals surface area (Å²) in [7, 11) is 0. The lowest BCUT2D eigenvalue weighted by atomic mass is 9.49. The second-order valence-corrected chi connectivity index (χ2v) is 7.95. The average Bonchev–Trinajstić information content (AvgIpc) is 2.53. The van der Waals surface area contributed by atoms with E-state index in [1.54, 1.807) is 0 Å². The van der Waals surface area contributed by atoms with E-state index in [1.165, 1.54) is 0 Å². The quantitative estimate of drug-likeness (QED) is 0.167. The van der Waals surface area contributed by atoms with Gasteiger partial charge in [0, 0.05) is 5.92 Å². The third-order valence-corrected chi connectivity index (χ3v) is 5.97. The van der Waals surface area contributed by atoms with E-state index in [0.29, 0.717) is 12.8 Å². The molecule has 12 heteroatoms. The Labute approximate surface area is 148 Å². The highest BCUT2D eigenvalue weighted by atomic mass is 32.2. The molecule has 4 bridgehead atoms.